The van der Waals surface area contributed by atoms with E-state index in [2.05, 4.69) is 0 Å². The maximum Gasteiger partial charge on any atom is 0.327 e. The Hall–Kier alpha value is -0.465. The number of amides is 1. The van der Waals surface area contributed by atoms with E-state index < -0.39 is 24.3 Å². The van der Waals surface area contributed by atoms with Crippen LogP contribution in [0.2, 0.25) is 0 Å². The summed E-state index contributed by atoms with van der Waals surface area (Å²) in [6.45, 7) is 0. The summed E-state index contributed by atoms with van der Waals surface area (Å²) in [5, 5.41) is 0. The molecule has 76 valence electrons. The Labute approximate surface area is 94.4 Å². The largest absolute Gasteiger partial charge is 0.327 e. The summed E-state index contributed by atoms with van der Waals surface area (Å²) in [6.07, 6.45) is 1.97. The van der Waals surface area contributed by atoms with E-state index in [0.29, 0.717) is 0 Å². The zero-order valence-corrected chi connectivity index (χ0v) is 9.49. The fraction of sp³-hybridized carbons (Fsp3) is 0.429. The summed E-state index contributed by atoms with van der Waals surface area (Å²) < 4.78 is 26.6. The van der Waals surface area contributed by atoms with Gasteiger partial charge in [-0.15, -0.1) is 0 Å². The van der Waals surface area contributed by atoms with E-state index in [1.807, 2.05) is 0 Å². The van der Waals surface area contributed by atoms with Crippen molar-refractivity contribution in [2.24, 2.45) is 0 Å². The molecule has 0 unspecified atom stereocenters. The maximum atomic E-state index is 12.8. The lowest BCUT2D eigenvalue weighted by Gasteiger charge is -2.11. The Morgan fingerprint density at radius 2 is 2.29 bits per heavy atom. The number of halogens is 3. The Balaban J connectivity index is 2.76. The fourth-order valence-electron chi connectivity index (χ4n) is 1.13. The molecule has 0 aromatic carbocycles. The van der Waals surface area contributed by atoms with Crippen LogP contribution < -0.4 is 0 Å². The zero-order valence-electron chi connectivity index (χ0n) is 7.34. The monoisotopic (exact) mass is 313 g/mol. The van der Waals surface area contributed by atoms with E-state index in [4.69, 9.17) is 0 Å². The van der Waals surface area contributed by atoms with Gasteiger partial charge in [0.05, 0.1) is 28.9 Å². The molecule has 0 N–H and O–H groups in total. The molecule has 1 rings (SSSR count). The minimum absolute atomic E-state index is 0.225. The molecule has 0 aromatic rings. The summed E-state index contributed by atoms with van der Waals surface area (Å²) in [5.41, 5.74) is -0.225. The molecular formula is C7H7BF2INO2. The molecule has 3 nitrogen and oxygen atoms in total. The molecule has 7 heteroatoms. The lowest BCUT2D eigenvalue weighted by Crippen LogP contribution is -2.28. The third kappa shape index (κ3) is 2.31. The SMILES string of the molecule is BC(=O)/C=C/[C@H]1CC(F)(F)C(=O)N1I. The van der Waals surface area contributed by atoms with Crippen LogP contribution in [0.5, 0.6) is 0 Å². The van der Waals surface area contributed by atoms with Crippen molar-refractivity contribution in [1.82, 2.24) is 3.11 Å². The molecular weight excluding hydrogens is 306 g/mol. The smallest absolute Gasteiger partial charge is 0.307 e. The number of carbonyl (C=O) groups excluding carboxylic acids is 2. The molecule has 0 bridgehead atoms. The lowest BCUT2D eigenvalue weighted by molar-refractivity contribution is -0.143. The van der Waals surface area contributed by atoms with Crippen molar-refractivity contribution < 1.29 is 18.4 Å². The number of rotatable bonds is 2. The summed E-state index contributed by atoms with van der Waals surface area (Å²) >= 11 is 1.53. The van der Waals surface area contributed by atoms with E-state index in [9.17, 15) is 18.4 Å². The molecule has 0 saturated carbocycles. The molecule has 1 aliphatic rings. The second-order valence-electron chi connectivity index (χ2n) is 3.06. The van der Waals surface area contributed by atoms with E-state index in [0.717, 1.165) is 3.11 Å². The summed E-state index contributed by atoms with van der Waals surface area (Å²) in [7, 11) is 1.32. The normalized spacial score (nSPS) is 26.1. The first-order valence-corrected chi connectivity index (χ1v) is 4.87. The highest BCUT2D eigenvalue weighted by Gasteiger charge is 2.52. The van der Waals surface area contributed by atoms with Gasteiger partial charge in [0.1, 0.15) is 5.68 Å². The summed E-state index contributed by atoms with van der Waals surface area (Å²) in [5.74, 6) is -4.50. The standard InChI is InChI=1S/C7H7BF2INO2/c8-5(13)2-1-4-3-7(9,10)6(14)12(4)11/h1-2,4H,3,8H2/b2-1+/t4-/m0/s1. The van der Waals surface area contributed by atoms with E-state index >= 15 is 0 Å². The molecule has 0 spiro atoms. The fourth-order valence-corrected chi connectivity index (χ4v) is 1.86. The van der Waals surface area contributed by atoms with E-state index in [-0.39, 0.29) is 5.68 Å². The van der Waals surface area contributed by atoms with Gasteiger partial charge in [-0.2, -0.15) is 8.78 Å². The third-order valence-corrected chi connectivity index (χ3v) is 2.97. The number of alkyl halides is 2. The quantitative estimate of drug-likeness (QED) is 0.318. The van der Waals surface area contributed by atoms with Crippen molar-refractivity contribution in [2.75, 3.05) is 0 Å². The van der Waals surface area contributed by atoms with Crippen molar-refractivity contribution in [3.05, 3.63) is 12.2 Å². The second kappa shape index (κ2) is 3.96. The van der Waals surface area contributed by atoms with Crippen molar-refractivity contribution in [3.8, 4) is 0 Å². The van der Waals surface area contributed by atoms with Crippen LogP contribution in [0, 0.1) is 0 Å². The van der Waals surface area contributed by atoms with Crippen LogP contribution >= 0.6 is 22.9 Å². The first-order valence-electron chi connectivity index (χ1n) is 3.90. The van der Waals surface area contributed by atoms with Crippen molar-refractivity contribution in [2.45, 2.75) is 18.4 Å². The Bertz CT molecular complexity index is 308. The average Bonchev–Trinajstić information content (AvgIpc) is 2.26. The van der Waals surface area contributed by atoms with Crippen LogP contribution in [0.4, 0.5) is 8.78 Å². The van der Waals surface area contributed by atoms with Gasteiger partial charge in [0.25, 0.3) is 0 Å². The number of nitrogens with zero attached hydrogens (tertiary/aromatic N) is 1. The Morgan fingerprint density at radius 1 is 1.71 bits per heavy atom. The van der Waals surface area contributed by atoms with Crippen LogP contribution in [-0.2, 0) is 9.59 Å². The highest BCUT2D eigenvalue weighted by atomic mass is 127. The van der Waals surface area contributed by atoms with Crippen LogP contribution in [-0.4, -0.2) is 34.5 Å². The minimum atomic E-state index is -3.30. The predicted molar refractivity (Wildman–Crippen MR) is 56.9 cm³/mol. The highest BCUT2D eigenvalue weighted by molar-refractivity contribution is 14.1. The van der Waals surface area contributed by atoms with Gasteiger partial charge >= 0.3 is 11.8 Å². The van der Waals surface area contributed by atoms with Crippen molar-refractivity contribution >= 4 is 42.3 Å². The first kappa shape index (κ1) is 11.6. The van der Waals surface area contributed by atoms with Gasteiger partial charge in [0.2, 0.25) is 0 Å². The van der Waals surface area contributed by atoms with Gasteiger partial charge in [-0.05, 0) is 6.08 Å². The van der Waals surface area contributed by atoms with Crippen molar-refractivity contribution in [3.63, 3.8) is 0 Å². The number of hydrogen-bond donors (Lipinski definition) is 0. The molecule has 1 heterocycles. The average molecular weight is 313 g/mol. The van der Waals surface area contributed by atoms with Gasteiger partial charge in [0.15, 0.2) is 7.85 Å². The van der Waals surface area contributed by atoms with Gasteiger partial charge in [-0.3, -0.25) is 7.91 Å². The molecule has 14 heavy (non-hydrogen) atoms. The predicted octanol–water partition coefficient (Wildman–Crippen LogP) is 0.288. The molecule has 1 aliphatic heterocycles. The molecule has 0 aromatic heterocycles. The van der Waals surface area contributed by atoms with Gasteiger partial charge < -0.3 is 4.79 Å². The number of hydrogen-bond acceptors (Lipinski definition) is 2. The topological polar surface area (TPSA) is 37.4 Å². The van der Waals surface area contributed by atoms with Gasteiger partial charge in [0, 0.05) is 6.42 Å². The van der Waals surface area contributed by atoms with Crippen molar-refractivity contribution in [1.29, 1.82) is 0 Å². The molecule has 0 radical (unpaired) electrons. The second-order valence-corrected chi connectivity index (χ2v) is 4.10. The van der Waals surface area contributed by atoms with Gasteiger partial charge in [-0.1, -0.05) is 6.08 Å². The minimum Gasteiger partial charge on any atom is -0.307 e. The number of allylic oxidation sites excluding steroid dienone is 1. The molecule has 1 saturated heterocycles. The third-order valence-electron chi connectivity index (χ3n) is 1.82. The number of carbonyl (C=O) groups is 2. The van der Waals surface area contributed by atoms with Crippen LogP contribution in [0.1, 0.15) is 6.42 Å². The Morgan fingerprint density at radius 3 is 2.64 bits per heavy atom. The van der Waals surface area contributed by atoms with Gasteiger partial charge in [-0.25, -0.2) is 0 Å². The zero-order chi connectivity index (χ0) is 10.9. The Kier molecular flexibility index (Phi) is 3.28. The molecule has 1 fully saturated rings. The van der Waals surface area contributed by atoms with Crippen LogP contribution in [0.25, 0.3) is 0 Å². The van der Waals surface area contributed by atoms with E-state index in [1.165, 1.54) is 42.9 Å². The summed E-state index contributed by atoms with van der Waals surface area (Å²) in [4.78, 5) is 21.5. The van der Waals surface area contributed by atoms with Crippen LogP contribution in [0.3, 0.4) is 0 Å². The molecule has 0 aliphatic carbocycles. The molecule has 1 atom stereocenters. The highest BCUT2D eigenvalue weighted by Crippen LogP contribution is 2.36. The molecule has 1 amide bonds. The lowest BCUT2D eigenvalue weighted by atomic mass is 10.0. The maximum absolute atomic E-state index is 12.8. The van der Waals surface area contributed by atoms with E-state index in [1.54, 1.807) is 0 Å². The summed E-state index contributed by atoms with van der Waals surface area (Å²) in [6, 6.07) is -0.693. The van der Waals surface area contributed by atoms with Crippen LogP contribution in [0.15, 0.2) is 12.2 Å². The first-order chi connectivity index (χ1) is 6.34.